The zero-order valence-corrected chi connectivity index (χ0v) is 15.3. The summed E-state index contributed by atoms with van der Waals surface area (Å²) < 4.78 is 26.9. The molecule has 4 rings (SSSR count). The first kappa shape index (κ1) is 18.4. The molecule has 0 radical (unpaired) electrons. The first-order chi connectivity index (χ1) is 12.5. The Morgan fingerprint density at radius 3 is 2.27 bits per heavy atom. The molecule has 2 heterocycles. The second-order valence-electron chi connectivity index (χ2n) is 6.18. The Kier molecular flexibility index (Phi) is 5.61. The Bertz CT molecular complexity index is 965. The van der Waals surface area contributed by atoms with Crippen LogP contribution < -0.4 is 5.73 Å². The predicted molar refractivity (Wildman–Crippen MR) is 104 cm³/mol. The molecule has 0 aliphatic carbocycles. The van der Waals surface area contributed by atoms with Crippen LogP contribution in [0, 0.1) is 0 Å². The van der Waals surface area contributed by atoms with Crippen LogP contribution in [0.3, 0.4) is 0 Å². The topological polar surface area (TPSA) is 88.6 Å². The molecule has 2 aromatic carbocycles. The molecule has 1 aliphatic rings. The molecule has 0 spiro atoms. The molecular weight excluding hydrogens is 350 g/mol. The quantitative estimate of drug-likeness (QED) is 0.689. The van der Waals surface area contributed by atoms with Crippen molar-refractivity contribution in [2.45, 2.75) is 24.3 Å². The molecule has 1 aliphatic heterocycles. The second-order valence-corrected chi connectivity index (χ2v) is 8.12. The smallest absolute Gasteiger partial charge is 0.243 e. The fraction of sp³-hybridized carbons (Fsp3) is 0.263. The highest BCUT2D eigenvalue weighted by Gasteiger charge is 2.26. The van der Waals surface area contributed by atoms with E-state index in [-0.39, 0.29) is 1.43 Å². The lowest BCUT2D eigenvalue weighted by Gasteiger charge is -2.15. The molecule has 0 amide bonds. The molecule has 7 heteroatoms. The maximum absolute atomic E-state index is 12.1. The van der Waals surface area contributed by atoms with E-state index in [1.54, 1.807) is 34.8 Å². The van der Waals surface area contributed by atoms with Gasteiger partial charge in [-0.1, -0.05) is 30.3 Å². The van der Waals surface area contributed by atoms with Gasteiger partial charge in [0, 0.05) is 32.6 Å². The van der Waals surface area contributed by atoms with Gasteiger partial charge in [-0.05, 0) is 42.7 Å². The number of hydrogen-bond donors (Lipinski definition) is 2. The molecule has 140 valence electrons. The van der Waals surface area contributed by atoms with Gasteiger partial charge in [-0.15, -0.1) is 0 Å². The van der Waals surface area contributed by atoms with E-state index in [1.807, 2.05) is 30.3 Å². The molecule has 3 N–H and O–H groups in total. The van der Waals surface area contributed by atoms with Crippen LogP contribution in [0.2, 0.25) is 0 Å². The van der Waals surface area contributed by atoms with Gasteiger partial charge in [-0.25, -0.2) is 8.42 Å². The summed E-state index contributed by atoms with van der Waals surface area (Å²) in [6, 6.07) is 16.3. The van der Waals surface area contributed by atoms with E-state index in [0.717, 1.165) is 34.0 Å². The van der Waals surface area contributed by atoms with Crippen LogP contribution in [0.15, 0.2) is 65.7 Å². The largest absolute Gasteiger partial charge is 0.428 e. The normalized spacial score (nSPS) is 15.0. The van der Waals surface area contributed by atoms with Crippen molar-refractivity contribution in [3.8, 4) is 0 Å². The van der Waals surface area contributed by atoms with Gasteiger partial charge in [-0.2, -0.15) is 9.04 Å². The van der Waals surface area contributed by atoms with Crippen molar-refractivity contribution in [3.63, 3.8) is 0 Å². The van der Waals surface area contributed by atoms with Crippen LogP contribution in [-0.4, -0.2) is 35.8 Å². The lowest BCUT2D eigenvalue weighted by Crippen LogP contribution is -2.27. The Morgan fingerprint density at radius 1 is 1.00 bits per heavy atom. The minimum absolute atomic E-state index is 0. The van der Waals surface area contributed by atoms with Gasteiger partial charge in [0.25, 0.3) is 0 Å². The van der Waals surface area contributed by atoms with Crippen molar-refractivity contribution in [2.75, 3.05) is 13.1 Å². The number of para-hydroxylation sites is 1. The lowest BCUT2D eigenvalue weighted by molar-refractivity contribution is 0.200. The third-order valence-corrected chi connectivity index (χ3v) is 6.35. The number of aromatic nitrogens is 1. The highest BCUT2D eigenvalue weighted by Crippen LogP contribution is 2.20. The maximum Gasteiger partial charge on any atom is 0.243 e. The summed E-state index contributed by atoms with van der Waals surface area (Å²) in [5.41, 5.74) is 7.27. The van der Waals surface area contributed by atoms with Crippen LogP contribution >= 0.6 is 0 Å². The molecule has 1 aromatic heterocycles. The number of rotatable bonds is 3. The molecule has 0 saturated carbocycles. The summed E-state index contributed by atoms with van der Waals surface area (Å²) in [5, 5.41) is 10.2. The molecule has 0 bridgehead atoms. The van der Waals surface area contributed by atoms with Crippen LogP contribution in [-0.2, 0) is 16.6 Å². The monoisotopic (exact) mass is 375 g/mol. The first-order valence-corrected chi connectivity index (χ1v) is 10.0. The summed E-state index contributed by atoms with van der Waals surface area (Å²) in [6.45, 7) is 1.71. The van der Waals surface area contributed by atoms with Gasteiger partial charge in [0.1, 0.15) is 0 Å². The average Bonchev–Trinajstić information content (AvgIpc) is 3.34. The van der Waals surface area contributed by atoms with Crippen LogP contribution in [0.5, 0.6) is 0 Å². The maximum atomic E-state index is 12.1. The SMILES string of the molecule is NCc1ccc(S(=O)(=O)N2CCCC2)cc1.On1ccc2ccccc21.[HH]. The van der Waals surface area contributed by atoms with Crippen molar-refractivity contribution in [3.05, 3.63) is 66.4 Å². The summed E-state index contributed by atoms with van der Waals surface area (Å²) in [5.74, 6) is 0. The van der Waals surface area contributed by atoms with Crippen molar-refractivity contribution in [1.82, 2.24) is 9.04 Å². The number of sulfonamides is 1. The Morgan fingerprint density at radius 2 is 1.65 bits per heavy atom. The Balaban J connectivity index is 0.000000205. The molecule has 1 fully saturated rings. The molecular formula is C19H25N3O3S. The Hall–Kier alpha value is -2.35. The predicted octanol–water partition coefficient (Wildman–Crippen LogP) is 3.05. The molecule has 6 nitrogen and oxygen atoms in total. The standard InChI is InChI=1S/C11H16N2O2S.C8H7NO.H2/c12-9-10-3-5-11(6-4-10)16(14,15)13-7-1-2-8-13;10-9-6-5-7-3-1-2-4-8(7)9;/h3-6H,1-2,7-9,12H2;1-6,10H;1H. The zero-order valence-electron chi connectivity index (χ0n) is 14.5. The lowest BCUT2D eigenvalue weighted by atomic mass is 10.2. The highest BCUT2D eigenvalue weighted by atomic mass is 32.2. The molecule has 3 aromatic rings. The molecule has 1 saturated heterocycles. The number of nitrogens with zero attached hydrogens (tertiary/aromatic N) is 2. The van der Waals surface area contributed by atoms with E-state index in [1.165, 1.54) is 0 Å². The minimum Gasteiger partial charge on any atom is -0.428 e. The van der Waals surface area contributed by atoms with E-state index in [0.29, 0.717) is 24.5 Å². The number of benzene rings is 2. The first-order valence-electron chi connectivity index (χ1n) is 8.57. The van der Waals surface area contributed by atoms with E-state index in [4.69, 9.17) is 10.9 Å². The van der Waals surface area contributed by atoms with Crippen LogP contribution in [0.4, 0.5) is 0 Å². The molecule has 0 unspecified atom stereocenters. The van der Waals surface area contributed by atoms with Gasteiger partial charge < -0.3 is 10.9 Å². The summed E-state index contributed by atoms with van der Waals surface area (Å²) in [7, 11) is -3.27. The third-order valence-electron chi connectivity index (χ3n) is 4.44. The van der Waals surface area contributed by atoms with E-state index in [9.17, 15) is 8.42 Å². The average molecular weight is 375 g/mol. The van der Waals surface area contributed by atoms with Crippen molar-refractivity contribution >= 4 is 20.9 Å². The zero-order chi connectivity index (χ0) is 18.6. The highest BCUT2D eigenvalue weighted by molar-refractivity contribution is 7.89. The summed E-state index contributed by atoms with van der Waals surface area (Å²) in [6.07, 6.45) is 3.55. The van der Waals surface area contributed by atoms with Gasteiger partial charge in [-0.3, -0.25) is 0 Å². The van der Waals surface area contributed by atoms with E-state index in [2.05, 4.69) is 0 Å². The molecule has 0 atom stereocenters. The van der Waals surface area contributed by atoms with Crippen molar-refractivity contribution in [1.29, 1.82) is 0 Å². The van der Waals surface area contributed by atoms with Gasteiger partial charge in [0.2, 0.25) is 10.0 Å². The second kappa shape index (κ2) is 7.90. The summed E-state index contributed by atoms with van der Waals surface area (Å²) >= 11 is 0. The van der Waals surface area contributed by atoms with Gasteiger partial charge >= 0.3 is 0 Å². The molecule has 26 heavy (non-hydrogen) atoms. The number of fused-ring (bicyclic) bond motifs is 1. The van der Waals surface area contributed by atoms with Crippen LogP contribution in [0.25, 0.3) is 10.9 Å². The van der Waals surface area contributed by atoms with Gasteiger partial charge in [0.15, 0.2) is 0 Å². The number of nitrogens with two attached hydrogens (primary N) is 1. The number of hydrogen-bond acceptors (Lipinski definition) is 4. The Labute approximate surface area is 155 Å². The third kappa shape index (κ3) is 3.90. The van der Waals surface area contributed by atoms with Gasteiger partial charge in [0.05, 0.1) is 10.4 Å². The minimum atomic E-state index is -3.27. The van der Waals surface area contributed by atoms with Crippen molar-refractivity contribution < 1.29 is 15.1 Å². The van der Waals surface area contributed by atoms with Crippen molar-refractivity contribution in [2.24, 2.45) is 5.73 Å². The van der Waals surface area contributed by atoms with E-state index >= 15 is 0 Å². The van der Waals surface area contributed by atoms with E-state index < -0.39 is 10.0 Å². The summed E-state index contributed by atoms with van der Waals surface area (Å²) in [4.78, 5) is 0.367. The fourth-order valence-corrected chi connectivity index (χ4v) is 4.46. The fourth-order valence-electron chi connectivity index (χ4n) is 2.94. The van der Waals surface area contributed by atoms with Crippen LogP contribution in [0.1, 0.15) is 19.8 Å².